The summed E-state index contributed by atoms with van der Waals surface area (Å²) in [6.07, 6.45) is 1.70. The van der Waals surface area contributed by atoms with Crippen molar-refractivity contribution < 1.29 is 0 Å². The van der Waals surface area contributed by atoms with E-state index in [1.807, 2.05) is 17.7 Å². The first-order valence-corrected chi connectivity index (χ1v) is 9.33. The van der Waals surface area contributed by atoms with Crippen molar-refractivity contribution in [2.75, 3.05) is 37.6 Å². The molecule has 0 bridgehead atoms. The molecule has 0 unspecified atom stereocenters. The summed E-state index contributed by atoms with van der Waals surface area (Å²) in [5, 5.41) is 12.2. The zero-order valence-corrected chi connectivity index (χ0v) is 19.1. The largest absolute Gasteiger partial charge is 0.368 e. The maximum atomic E-state index is 6.18. The molecule has 0 spiro atoms. The molecule has 2 heterocycles. The summed E-state index contributed by atoms with van der Waals surface area (Å²) in [6.45, 7) is 9.28. The standard InChI is InChI=1S/C18H26ClN7.HI/c1-4-20-18(21-12-17-23-22-13-24(17)3)26-9-7-25(8-10-26)16-11-15(19)6-5-14(16)2;/h5-6,11,13H,4,7-10,12H2,1-3H3,(H,20,21);1H. The third-order valence-electron chi connectivity index (χ3n) is 4.60. The van der Waals surface area contributed by atoms with E-state index in [9.17, 15) is 0 Å². The van der Waals surface area contributed by atoms with Gasteiger partial charge in [0.05, 0.1) is 0 Å². The van der Waals surface area contributed by atoms with E-state index >= 15 is 0 Å². The van der Waals surface area contributed by atoms with E-state index < -0.39 is 0 Å². The molecule has 1 saturated heterocycles. The zero-order chi connectivity index (χ0) is 18.5. The Bertz CT molecular complexity index is 769. The Morgan fingerprint density at radius 1 is 1.26 bits per heavy atom. The summed E-state index contributed by atoms with van der Waals surface area (Å²) in [5.74, 6) is 1.78. The molecule has 9 heteroatoms. The summed E-state index contributed by atoms with van der Waals surface area (Å²) in [6, 6.07) is 6.08. The average molecular weight is 504 g/mol. The first-order valence-electron chi connectivity index (χ1n) is 8.95. The Kier molecular flexibility index (Phi) is 8.15. The van der Waals surface area contributed by atoms with Gasteiger partial charge in [-0.25, -0.2) is 4.99 Å². The molecule has 1 aliphatic heterocycles. The highest BCUT2D eigenvalue weighted by molar-refractivity contribution is 14.0. The first kappa shape index (κ1) is 21.7. The number of benzene rings is 1. The van der Waals surface area contributed by atoms with Crippen LogP contribution in [0.2, 0.25) is 5.02 Å². The number of aromatic nitrogens is 3. The van der Waals surface area contributed by atoms with E-state index in [0.717, 1.165) is 49.5 Å². The third-order valence-corrected chi connectivity index (χ3v) is 4.84. The summed E-state index contributed by atoms with van der Waals surface area (Å²) < 4.78 is 1.90. The second-order valence-electron chi connectivity index (χ2n) is 6.43. The number of piperazine rings is 1. The molecule has 0 atom stereocenters. The van der Waals surface area contributed by atoms with E-state index in [0.29, 0.717) is 6.54 Å². The van der Waals surface area contributed by atoms with Crippen LogP contribution in [0, 0.1) is 6.92 Å². The molecule has 1 aromatic carbocycles. The highest BCUT2D eigenvalue weighted by atomic mass is 127. The maximum Gasteiger partial charge on any atom is 0.194 e. The number of aryl methyl sites for hydroxylation is 2. The number of rotatable bonds is 4. The van der Waals surface area contributed by atoms with Crippen LogP contribution in [0.4, 0.5) is 5.69 Å². The SMILES string of the molecule is CCNC(=NCc1nncn1C)N1CCN(c2cc(Cl)ccc2C)CC1.I. The number of nitrogens with zero attached hydrogens (tertiary/aromatic N) is 6. The van der Waals surface area contributed by atoms with Crippen LogP contribution in [0.5, 0.6) is 0 Å². The molecule has 0 amide bonds. The molecule has 7 nitrogen and oxygen atoms in total. The van der Waals surface area contributed by atoms with Gasteiger partial charge in [-0.2, -0.15) is 0 Å². The predicted molar refractivity (Wildman–Crippen MR) is 121 cm³/mol. The van der Waals surface area contributed by atoms with Crippen molar-refractivity contribution in [2.24, 2.45) is 12.0 Å². The minimum absolute atomic E-state index is 0. The van der Waals surface area contributed by atoms with Crippen molar-refractivity contribution in [3.8, 4) is 0 Å². The Balaban J connectivity index is 0.00000261. The van der Waals surface area contributed by atoms with Crippen LogP contribution >= 0.6 is 35.6 Å². The number of hydrogen-bond acceptors (Lipinski definition) is 4. The Labute approximate surface area is 182 Å². The smallest absolute Gasteiger partial charge is 0.194 e. The van der Waals surface area contributed by atoms with Gasteiger partial charge in [0.2, 0.25) is 0 Å². The molecular weight excluding hydrogens is 477 g/mol. The van der Waals surface area contributed by atoms with Gasteiger partial charge < -0.3 is 19.7 Å². The summed E-state index contributed by atoms with van der Waals surface area (Å²) >= 11 is 6.18. The zero-order valence-electron chi connectivity index (χ0n) is 16.0. The minimum atomic E-state index is 0. The Hall–Kier alpha value is -1.55. The molecule has 0 radical (unpaired) electrons. The van der Waals surface area contributed by atoms with Crippen molar-refractivity contribution in [1.82, 2.24) is 25.0 Å². The lowest BCUT2D eigenvalue weighted by molar-refractivity contribution is 0.372. The van der Waals surface area contributed by atoms with Crippen LogP contribution in [0.25, 0.3) is 0 Å². The molecule has 148 valence electrons. The fraction of sp³-hybridized carbons (Fsp3) is 0.500. The quantitative estimate of drug-likeness (QED) is 0.395. The van der Waals surface area contributed by atoms with Crippen LogP contribution in [0.3, 0.4) is 0 Å². The van der Waals surface area contributed by atoms with E-state index in [1.165, 1.54) is 11.3 Å². The first-order chi connectivity index (χ1) is 12.6. The monoisotopic (exact) mass is 503 g/mol. The molecule has 1 aliphatic rings. The second kappa shape index (κ2) is 10.1. The molecule has 1 aromatic heterocycles. The Morgan fingerprint density at radius 3 is 2.63 bits per heavy atom. The van der Waals surface area contributed by atoms with Crippen molar-refractivity contribution in [3.63, 3.8) is 0 Å². The minimum Gasteiger partial charge on any atom is -0.368 e. The molecule has 3 rings (SSSR count). The third kappa shape index (κ3) is 5.47. The van der Waals surface area contributed by atoms with Crippen LogP contribution in [-0.2, 0) is 13.6 Å². The fourth-order valence-corrected chi connectivity index (χ4v) is 3.27. The summed E-state index contributed by atoms with van der Waals surface area (Å²) in [7, 11) is 1.93. The summed E-state index contributed by atoms with van der Waals surface area (Å²) in [4.78, 5) is 9.43. The molecule has 1 fully saturated rings. The van der Waals surface area contributed by atoms with Crippen LogP contribution in [-0.4, -0.2) is 58.3 Å². The van der Waals surface area contributed by atoms with E-state index in [-0.39, 0.29) is 24.0 Å². The highest BCUT2D eigenvalue weighted by Crippen LogP contribution is 2.25. The lowest BCUT2D eigenvalue weighted by Crippen LogP contribution is -2.52. The van der Waals surface area contributed by atoms with Crippen molar-refractivity contribution >= 4 is 47.2 Å². The topological polar surface area (TPSA) is 61.6 Å². The van der Waals surface area contributed by atoms with Crippen molar-refractivity contribution in [3.05, 3.63) is 40.9 Å². The molecule has 1 N–H and O–H groups in total. The van der Waals surface area contributed by atoms with Gasteiger partial charge in [-0.1, -0.05) is 17.7 Å². The lowest BCUT2D eigenvalue weighted by Gasteiger charge is -2.38. The van der Waals surface area contributed by atoms with Crippen molar-refractivity contribution in [2.45, 2.75) is 20.4 Å². The second-order valence-corrected chi connectivity index (χ2v) is 6.87. The molecule has 0 saturated carbocycles. The number of nitrogens with one attached hydrogen (secondary N) is 1. The lowest BCUT2D eigenvalue weighted by atomic mass is 10.1. The van der Waals surface area contributed by atoms with E-state index in [2.05, 4.69) is 51.3 Å². The van der Waals surface area contributed by atoms with Gasteiger partial charge >= 0.3 is 0 Å². The van der Waals surface area contributed by atoms with Gasteiger partial charge in [0.25, 0.3) is 0 Å². The highest BCUT2D eigenvalue weighted by Gasteiger charge is 2.21. The van der Waals surface area contributed by atoms with Gasteiger partial charge in [0, 0.05) is 50.5 Å². The number of hydrogen-bond donors (Lipinski definition) is 1. The number of aliphatic imine (C=N–C) groups is 1. The van der Waals surface area contributed by atoms with Gasteiger partial charge in [-0.05, 0) is 31.5 Å². The molecule has 0 aliphatic carbocycles. The summed E-state index contributed by atoms with van der Waals surface area (Å²) in [5.41, 5.74) is 2.48. The van der Waals surface area contributed by atoms with Gasteiger partial charge in [0.15, 0.2) is 11.8 Å². The molecular formula is C18H27ClIN7. The van der Waals surface area contributed by atoms with Crippen molar-refractivity contribution in [1.29, 1.82) is 0 Å². The molecule has 27 heavy (non-hydrogen) atoms. The average Bonchev–Trinajstić information content (AvgIpc) is 3.06. The van der Waals surface area contributed by atoms with Crippen LogP contribution < -0.4 is 10.2 Å². The van der Waals surface area contributed by atoms with Crippen LogP contribution in [0.1, 0.15) is 18.3 Å². The van der Waals surface area contributed by atoms with E-state index in [1.54, 1.807) is 6.33 Å². The Morgan fingerprint density at radius 2 is 2.00 bits per heavy atom. The van der Waals surface area contributed by atoms with Crippen LogP contribution in [0.15, 0.2) is 29.5 Å². The number of anilines is 1. The van der Waals surface area contributed by atoms with Gasteiger partial charge in [-0.15, -0.1) is 34.2 Å². The normalized spacial score (nSPS) is 14.9. The molecule has 2 aromatic rings. The predicted octanol–water partition coefficient (Wildman–Crippen LogP) is 2.68. The van der Waals surface area contributed by atoms with Gasteiger partial charge in [-0.3, -0.25) is 0 Å². The van der Waals surface area contributed by atoms with E-state index in [4.69, 9.17) is 16.6 Å². The number of guanidine groups is 1. The van der Waals surface area contributed by atoms with Gasteiger partial charge in [0.1, 0.15) is 12.9 Å². The maximum absolute atomic E-state index is 6.18. The fourth-order valence-electron chi connectivity index (χ4n) is 3.10. The number of halogens is 2.